The van der Waals surface area contributed by atoms with Gasteiger partial charge in [0.05, 0.1) is 6.20 Å². The highest BCUT2D eigenvalue weighted by atomic mass is 16.5. The van der Waals surface area contributed by atoms with E-state index >= 15 is 0 Å². The molecule has 7 heteroatoms. The summed E-state index contributed by atoms with van der Waals surface area (Å²) in [6, 6.07) is 6.71. The molecule has 0 atom stereocenters. The summed E-state index contributed by atoms with van der Waals surface area (Å²) in [5.41, 5.74) is 4.16. The van der Waals surface area contributed by atoms with Gasteiger partial charge in [-0.05, 0) is 24.3 Å². The summed E-state index contributed by atoms with van der Waals surface area (Å²) >= 11 is 0. The van der Waals surface area contributed by atoms with Crippen molar-refractivity contribution in [2.24, 2.45) is 0 Å². The Morgan fingerprint density at radius 2 is 2.00 bits per heavy atom. The van der Waals surface area contributed by atoms with Crippen molar-refractivity contribution in [3.05, 3.63) is 48.7 Å². The minimum Gasteiger partial charge on any atom is -0.296 e. The predicted octanol–water partition coefficient (Wildman–Crippen LogP) is 0.935. The van der Waals surface area contributed by atoms with Crippen molar-refractivity contribution in [1.29, 1.82) is 0 Å². The molecule has 0 saturated carbocycles. The quantitative estimate of drug-likeness (QED) is 0.525. The van der Waals surface area contributed by atoms with E-state index in [-0.39, 0.29) is 0 Å². The zero-order chi connectivity index (χ0) is 13.2. The normalized spacial score (nSPS) is 10.6. The van der Waals surface area contributed by atoms with E-state index in [1.807, 2.05) is 4.57 Å². The third-order valence-electron chi connectivity index (χ3n) is 2.74. The molecule has 0 bridgehead atoms. The molecule has 1 amide bonds. The lowest BCUT2D eigenvalue weighted by Gasteiger charge is -2.04. The SMILES string of the molecule is O=C(NO)c1ccc(-n2cnc3ncncc32)cc1. The maximum absolute atomic E-state index is 11.2. The molecule has 19 heavy (non-hydrogen) atoms. The Bertz CT molecular complexity index is 735. The van der Waals surface area contributed by atoms with Crippen molar-refractivity contribution in [2.75, 3.05) is 0 Å². The molecule has 0 aliphatic heterocycles. The minimum atomic E-state index is -0.551. The lowest BCUT2D eigenvalue weighted by atomic mass is 10.2. The molecule has 2 N–H and O–H groups in total. The summed E-state index contributed by atoms with van der Waals surface area (Å²) in [7, 11) is 0. The number of aromatic nitrogens is 4. The third-order valence-corrected chi connectivity index (χ3v) is 2.74. The highest BCUT2D eigenvalue weighted by Gasteiger charge is 2.07. The fourth-order valence-electron chi connectivity index (χ4n) is 1.80. The molecule has 3 rings (SSSR count). The molecule has 2 aromatic heterocycles. The number of nitrogens with zero attached hydrogens (tertiary/aromatic N) is 4. The van der Waals surface area contributed by atoms with Gasteiger partial charge in [-0.2, -0.15) is 0 Å². The lowest BCUT2D eigenvalue weighted by molar-refractivity contribution is 0.0706. The summed E-state index contributed by atoms with van der Waals surface area (Å²) < 4.78 is 1.82. The number of hydrogen-bond acceptors (Lipinski definition) is 5. The first-order valence-corrected chi connectivity index (χ1v) is 5.47. The van der Waals surface area contributed by atoms with Crippen molar-refractivity contribution in [2.45, 2.75) is 0 Å². The number of hydroxylamine groups is 1. The summed E-state index contributed by atoms with van der Waals surface area (Å²) in [6.45, 7) is 0. The molecule has 0 saturated heterocycles. The second-order valence-corrected chi connectivity index (χ2v) is 3.83. The molecular weight excluding hydrogens is 246 g/mol. The molecule has 0 aliphatic carbocycles. The molecule has 2 heterocycles. The van der Waals surface area contributed by atoms with Crippen molar-refractivity contribution < 1.29 is 10.0 Å². The van der Waals surface area contributed by atoms with E-state index in [9.17, 15) is 4.79 Å². The standard InChI is InChI=1S/C12H9N5O2/c18-12(16-19)8-1-3-9(4-2-8)17-7-15-11-10(17)5-13-6-14-11/h1-7,19H,(H,16,18). The van der Waals surface area contributed by atoms with Crippen molar-refractivity contribution in [3.8, 4) is 5.69 Å². The second-order valence-electron chi connectivity index (χ2n) is 3.83. The number of amides is 1. The van der Waals surface area contributed by atoms with E-state index in [0.29, 0.717) is 11.2 Å². The minimum absolute atomic E-state index is 0.368. The van der Waals surface area contributed by atoms with Crippen LogP contribution in [-0.4, -0.2) is 30.6 Å². The van der Waals surface area contributed by atoms with Gasteiger partial charge >= 0.3 is 0 Å². The van der Waals surface area contributed by atoms with Crippen LogP contribution in [0.15, 0.2) is 43.1 Å². The Labute approximate surface area is 107 Å². The molecule has 7 nitrogen and oxygen atoms in total. The third kappa shape index (κ3) is 1.91. The van der Waals surface area contributed by atoms with Crippen LogP contribution < -0.4 is 5.48 Å². The van der Waals surface area contributed by atoms with E-state index < -0.39 is 5.91 Å². The monoisotopic (exact) mass is 255 g/mol. The Morgan fingerprint density at radius 3 is 2.74 bits per heavy atom. The Hall–Kier alpha value is -2.80. The van der Waals surface area contributed by atoms with Gasteiger partial charge in [0.2, 0.25) is 0 Å². The molecule has 0 spiro atoms. The molecule has 0 aliphatic rings. The molecular formula is C12H9N5O2. The van der Waals surface area contributed by atoms with E-state index in [4.69, 9.17) is 5.21 Å². The van der Waals surface area contributed by atoms with Gasteiger partial charge in [-0.3, -0.25) is 14.6 Å². The van der Waals surface area contributed by atoms with Crippen molar-refractivity contribution in [1.82, 2.24) is 25.0 Å². The van der Waals surface area contributed by atoms with Crippen molar-refractivity contribution >= 4 is 17.1 Å². The summed E-state index contributed by atoms with van der Waals surface area (Å²) in [4.78, 5) is 23.4. The average molecular weight is 255 g/mol. The van der Waals surface area contributed by atoms with Crippen molar-refractivity contribution in [3.63, 3.8) is 0 Å². The summed E-state index contributed by atoms with van der Waals surface area (Å²) in [6.07, 6.45) is 4.75. The summed E-state index contributed by atoms with van der Waals surface area (Å²) in [5.74, 6) is -0.551. The molecule has 0 unspecified atom stereocenters. The van der Waals surface area contributed by atoms with E-state index in [2.05, 4.69) is 15.0 Å². The molecule has 0 radical (unpaired) electrons. The fraction of sp³-hybridized carbons (Fsp3) is 0. The molecule has 1 aromatic carbocycles. The number of carbonyl (C=O) groups is 1. The van der Waals surface area contributed by atoms with E-state index in [1.54, 1.807) is 42.3 Å². The molecule has 94 valence electrons. The summed E-state index contributed by atoms with van der Waals surface area (Å²) in [5, 5.41) is 8.55. The van der Waals surface area contributed by atoms with Gasteiger partial charge in [-0.25, -0.2) is 20.4 Å². The Kier molecular flexibility index (Phi) is 2.66. The topological polar surface area (TPSA) is 92.9 Å². The maximum Gasteiger partial charge on any atom is 0.274 e. The van der Waals surface area contributed by atoms with Gasteiger partial charge in [0.25, 0.3) is 5.91 Å². The second kappa shape index (κ2) is 4.46. The van der Waals surface area contributed by atoms with Gasteiger partial charge in [-0.1, -0.05) is 0 Å². The Morgan fingerprint density at radius 1 is 1.21 bits per heavy atom. The first-order valence-electron chi connectivity index (χ1n) is 5.47. The van der Waals surface area contributed by atoms with Crippen LogP contribution in [0.1, 0.15) is 10.4 Å². The fourth-order valence-corrected chi connectivity index (χ4v) is 1.80. The highest BCUT2D eigenvalue weighted by Crippen LogP contribution is 2.16. The number of imidazole rings is 1. The van der Waals surface area contributed by atoms with Gasteiger partial charge in [0.1, 0.15) is 18.2 Å². The molecule has 3 aromatic rings. The van der Waals surface area contributed by atoms with E-state index in [1.165, 1.54) is 6.33 Å². The number of carbonyl (C=O) groups excluding carboxylic acids is 1. The van der Waals surface area contributed by atoms with Gasteiger partial charge < -0.3 is 0 Å². The van der Waals surface area contributed by atoms with Crippen LogP contribution in [-0.2, 0) is 0 Å². The predicted molar refractivity (Wildman–Crippen MR) is 65.9 cm³/mol. The average Bonchev–Trinajstić information content (AvgIpc) is 2.90. The number of nitrogens with one attached hydrogen (secondary N) is 1. The molecule has 0 fully saturated rings. The number of hydrogen-bond donors (Lipinski definition) is 2. The van der Waals surface area contributed by atoms with Crippen LogP contribution >= 0.6 is 0 Å². The largest absolute Gasteiger partial charge is 0.296 e. The van der Waals surface area contributed by atoms with Gasteiger partial charge in [-0.15, -0.1) is 0 Å². The van der Waals surface area contributed by atoms with Gasteiger partial charge in [0, 0.05) is 11.3 Å². The first-order chi connectivity index (χ1) is 9.29. The van der Waals surface area contributed by atoms with Crippen LogP contribution in [0.25, 0.3) is 16.9 Å². The number of fused-ring (bicyclic) bond motifs is 1. The van der Waals surface area contributed by atoms with Crippen LogP contribution in [0.3, 0.4) is 0 Å². The first kappa shape index (κ1) is 11.3. The van der Waals surface area contributed by atoms with Gasteiger partial charge in [0.15, 0.2) is 5.65 Å². The van der Waals surface area contributed by atoms with Crippen LogP contribution in [0.2, 0.25) is 0 Å². The van der Waals surface area contributed by atoms with Crippen LogP contribution in [0, 0.1) is 0 Å². The maximum atomic E-state index is 11.2. The smallest absolute Gasteiger partial charge is 0.274 e. The highest BCUT2D eigenvalue weighted by molar-refractivity contribution is 5.93. The lowest BCUT2D eigenvalue weighted by Crippen LogP contribution is -2.18. The zero-order valence-corrected chi connectivity index (χ0v) is 9.69. The number of rotatable bonds is 2. The van der Waals surface area contributed by atoms with Crippen LogP contribution in [0.4, 0.5) is 0 Å². The van der Waals surface area contributed by atoms with E-state index in [0.717, 1.165) is 11.2 Å². The van der Waals surface area contributed by atoms with Crippen LogP contribution in [0.5, 0.6) is 0 Å². The Balaban J connectivity index is 2.05. The number of benzene rings is 1. The zero-order valence-electron chi connectivity index (χ0n) is 9.69.